The fraction of sp³-hybridized carbons (Fsp3) is 0.0909. The number of benzene rings is 1. The van der Waals surface area contributed by atoms with E-state index < -0.39 is 17.7 Å². The van der Waals surface area contributed by atoms with Crippen LogP contribution in [0.25, 0.3) is 0 Å². The number of halogens is 2. The largest absolute Gasteiger partial charge is 0.466 e. The highest BCUT2D eigenvalue weighted by molar-refractivity contribution is 5.25. The fourth-order valence-electron chi connectivity index (χ4n) is 1.29. The van der Waals surface area contributed by atoms with Crippen molar-refractivity contribution in [2.24, 2.45) is 0 Å². The molecule has 1 aromatic heterocycles. The van der Waals surface area contributed by atoms with Gasteiger partial charge in [-0.2, -0.15) is 0 Å². The number of hydrogen-bond donors (Lipinski definition) is 1. The summed E-state index contributed by atoms with van der Waals surface area (Å²) < 4.78 is 30.4. The van der Waals surface area contributed by atoms with Crippen molar-refractivity contribution in [3.63, 3.8) is 0 Å². The highest BCUT2D eigenvalue weighted by Crippen LogP contribution is 2.23. The van der Waals surface area contributed by atoms with Gasteiger partial charge in [0.1, 0.15) is 11.9 Å². The summed E-state index contributed by atoms with van der Waals surface area (Å²) in [5, 5.41) is 9.71. The van der Waals surface area contributed by atoms with E-state index in [1.165, 1.54) is 12.3 Å². The summed E-state index contributed by atoms with van der Waals surface area (Å²) in [6, 6.07) is 6.40. The molecule has 2 nitrogen and oxygen atoms in total. The molecular weight excluding hydrogens is 202 g/mol. The minimum atomic E-state index is -1.07. The first kappa shape index (κ1) is 9.86. The maximum absolute atomic E-state index is 12.9. The molecule has 78 valence electrons. The van der Waals surface area contributed by atoms with E-state index in [4.69, 9.17) is 4.42 Å². The standard InChI is InChI=1S/C11H8F2O2/c12-8-4-3-7(6-9(8)13)11(14)10-2-1-5-15-10/h1-6,11,14H/t11-/m1/s1. The predicted octanol–water partition coefficient (Wildman–Crippen LogP) is 2.64. The van der Waals surface area contributed by atoms with E-state index in [1.54, 1.807) is 12.1 Å². The lowest BCUT2D eigenvalue weighted by Crippen LogP contribution is -1.99. The van der Waals surface area contributed by atoms with Crippen molar-refractivity contribution in [1.29, 1.82) is 0 Å². The van der Waals surface area contributed by atoms with Gasteiger partial charge in [-0.15, -0.1) is 0 Å². The van der Waals surface area contributed by atoms with Crippen LogP contribution in [0, 0.1) is 11.6 Å². The Bertz CT molecular complexity index is 452. The maximum Gasteiger partial charge on any atom is 0.159 e. The third-order valence-electron chi connectivity index (χ3n) is 2.07. The Morgan fingerprint density at radius 2 is 1.93 bits per heavy atom. The fourth-order valence-corrected chi connectivity index (χ4v) is 1.29. The quantitative estimate of drug-likeness (QED) is 0.826. The lowest BCUT2D eigenvalue weighted by atomic mass is 10.1. The summed E-state index contributed by atoms with van der Waals surface area (Å²) in [4.78, 5) is 0. The summed E-state index contributed by atoms with van der Waals surface area (Å²) in [7, 11) is 0. The number of furan rings is 1. The van der Waals surface area contributed by atoms with E-state index in [2.05, 4.69) is 0 Å². The van der Waals surface area contributed by atoms with Gasteiger partial charge in [-0.05, 0) is 29.8 Å². The molecule has 0 saturated carbocycles. The van der Waals surface area contributed by atoms with Crippen molar-refractivity contribution in [3.05, 3.63) is 59.6 Å². The molecule has 0 aliphatic carbocycles. The second-order valence-electron chi connectivity index (χ2n) is 3.09. The lowest BCUT2D eigenvalue weighted by Gasteiger charge is -2.07. The molecule has 1 N–H and O–H groups in total. The predicted molar refractivity (Wildman–Crippen MR) is 49.1 cm³/mol. The van der Waals surface area contributed by atoms with Gasteiger partial charge in [-0.1, -0.05) is 6.07 Å². The molecule has 0 saturated heterocycles. The van der Waals surface area contributed by atoms with E-state index in [0.717, 1.165) is 12.1 Å². The van der Waals surface area contributed by atoms with Crippen LogP contribution in [0.15, 0.2) is 41.0 Å². The second kappa shape index (κ2) is 3.82. The summed E-state index contributed by atoms with van der Waals surface area (Å²) in [5.41, 5.74) is 0.254. The van der Waals surface area contributed by atoms with Gasteiger partial charge in [0.05, 0.1) is 6.26 Å². The van der Waals surface area contributed by atoms with Crippen LogP contribution in [0.2, 0.25) is 0 Å². The molecule has 0 unspecified atom stereocenters. The molecule has 0 amide bonds. The Morgan fingerprint density at radius 3 is 2.53 bits per heavy atom. The Kier molecular flexibility index (Phi) is 2.51. The van der Waals surface area contributed by atoms with Gasteiger partial charge in [0.25, 0.3) is 0 Å². The SMILES string of the molecule is O[C@H](c1ccc(F)c(F)c1)c1ccco1. The van der Waals surface area contributed by atoms with Crippen molar-refractivity contribution in [2.45, 2.75) is 6.10 Å². The lowest BCUT2D eigenvalue weighted by molar-refractivity contribution is 0.188. The normalized spacial score (nSPS) is 12.7. The first-order chi connectivity index (χ1) is 7.18. The van der Waals surface area contributed by atoms with Crippen LogP contribution >= 0.6 is 0 Å². The van der Waals surface area contributed by atoms with E-state index in [0.29, 0.717) is 5.76 Å². The van der Waals surface area contributed by atoms with E-state index in [9.17, 15) is 13.9 Å². The van der Waals surface area contributed by atoms with Crippen LogP contribution in [0.1, 0.15) is 17.4 Å². The molecule has 1 heterocycles. The summed E-state index contributed by atoms with van der Waals surface area (Å²) in [6.07, 6.45) is 0.327. The van der Waals surface area contributed by atoms with Crippen molar-refractivity contribution in [3.8, 4) is 0 Å². The Labute approximate surface area is 84.8 Å². The third kappa shape index (κ3) is 1.89. The highest BCUT2D eigenvalue weighted by Gasteiger charge is 2.14. The van der Waals surface area contributed by atoms with Gasteiger partial charge in [0, 0.05) is 0 Å². The molecular formula is C11H8F2O2. The number of aliphatic hydroxyl groups is 1. The second-order valence-corrected chi connectivity index (χ2v) is 3.09. The van der Waals surface area contributed by atoms with Gasteiger partial charge in [0.2, 0.25) is 0 Å². The van der Waals surface area contributed by atoms with Crippen LogP contribution in [0.5, 0.6) is 0 Å². The average Bonchev–Trinajstić information content (AvgIpc) is 2.74. The van der Waals surface area contributed by atoms with E-state index >= 15 is 0 Å². The first-order valence-corrected chi connectivity index (χ1v) is 4.35. The molecule has 0 aliphatic rings. The van der Waals surface area contributed by atoms with Gasteiger partial charge >= 0.3 is 0 Å². The van der Waals surface area contributed by atoms with Gasteiger partial charge in [0.15, 0.2) is 11.6 Å². The molecule has 4 heteroatoms. The summed E-state index contributed by atoms with van der Waals surface area (Å²) in [5.74, 6) is -1.63. The van der Waals surface area contributed by atoms with Crippen molar-refractivity contribution < 1.29 is 18.3 Å². The van der Waals surface area contributed by atoms with E-state index in [1.807, 2.05) is 0 Å². The Hall–Kier alpha value is -1.68. The molecule has 0 aliphatic heterocycles. The topological polar surface area (TPSA) is 33.4 Å². The molecule has 0 bridgehead atoms. The Morgan fingerprint density at radius 1 is 1.13 bits per heavy atom. The van der Waals surface area contributed by atoms with Crippen LogP contribution in [-0.4, -0.2) is 5.11 Å². The zero-order valence-corrected chi connectivity index (χ0v) is 7.65. The number of hydrogen-bond acceptors (Lipinski definition) is 2. The average molecular weight is 210 g/mol. The number of rotatable bonds is 2. The zero-order chi connectivity index (χ0) is 10.8. The van der Waals surface area contributed by atoms with Crippen LogP contribution < -0.4 is 0 Å². The smallest absolute Gasteiger partial charge is 0.159 e. The molecule has 2 aromatic rings. The summed E-state index contributed by atoms with van der Waals surface area (Å²) >= 11 is 0. The zero-order valence-electron chi connectivity index (χ0n) is 7.65. The third-order valence-corrected chi connectivity index (χ3v) is 2.07. The van der Waals surface area contributed by atoms with Gasteiger partial charge in [-0.25, -0.2) is 8.78 Å². The monoisotopic (exact) mass is 210 g/mol. The molecule has 2 rings (SSSR count). The maximum atomic E-state index is 12.9. The van der Waals surface area contributed by atoms with Gasteiger partial charge < -0.3 is 9.52 Å². The van der Waals surface area contributed by atoms with Crippen molar-refractivity contribution in [1.82, 2.24) is 0 Å². The van der Waals surface area contributed by atoms with E-state index in [-0.39, 0.29) is 5.56 Å². The number of aliphatic hydroxyl groups excluding tert-OH is 1. The van der Waals surface area contributed by atoms with Crippen LogP contribution in [0.3, 0.4) is 0 Å². The molecule has 0 radical (unpaired) electrons. The summed E-state index contributed by atoms with van der Waals surface area (Å²) in [6.45, 7) is 0. The molecule has 0 fully saturated rings. The minimum absolute atomic E-state index is 0.254. The van der Waals surface area contributed by atoms with Crippen LogP contribution in [-0.2, 0) is 0 Å². The molecule has 1 aromatic carbocycles. The molecule has 0 spiro atoms. The van der Waals surface area contributed by atoms with Gasteiger partial charge in [-0.3, -0.25) is 0 Å². The van der Waals surface area contributed by atoms with Crippen LogP contribution in [0.4, 0.5) is 8.78 Å². The van der Waals surface area contributed by atoms with Crippen molar-refractivity contribution >= 4 is 0 Å². The highest BCUT2D eigenvalue weighted by atomic mass is 19.2. The van der Waals surface area contributed by atoms with Crippen molar-refractivity contribution in [2.75, 3.05) is 0 Å². The Balaban J connectivity index is 2.34. The molecule has 1 atom stereocenters. The minimum Gasteiger partial charge on any atom is -0.466 e. The first-order valence-electron chi connectivity index (χ1n) is 4.35. The molecule has 15 heavy (non-hydrogen) atoms.